The van der Waals surface area contributed by atoms with E-state index in [-0.39, 0.29) is 10.5 Å². The molecule has 1 unspecified atom stereocenters. The Balaban J connectivity index is 1.46. The number of piperidine rings is 1. The van der Waals surface area contributed by atoms with Gasteiger partial charge in [-0.05, 0) is 73.4 Å². The number of benzene rings is 2. The monoisotopic (exact) mass is 538 g/mol. The Hall–Kier alpha value is -3.54. The summed E-state index contributed by atoms with van der Waals surface area (Å²) >= 11 is 1.29. The number of aromatic nitrogens is 1. The molecule has 1 atom stereocenters. The molecule has 2 aromatic carbocycles. The van der Waals surface area contributed by atoms with Crippen molar-refractivity contribution in [3.05, 3.63) is 72.2 Å². The Labute approximate surface area is 219 Å². The Morgan fingerprint density at radius 1 is 1.24 bits per heavy atom. The van der Waals surface area contributed by atoms with Gasteiger partial charge in [-0.25, -0.2) is 13.4 Å². The van der Waals surface area contributed by atoms with E-state index in [2.05, 4.69) is 17.0 Å². The second-order valence-corrected chi connectivity index (χ2v) is 11.8. The van der Waals surface area contributed by atoms with Gasteiger partial charge in [0.15, 0.2) is 0 Å². The minimum Gasteiger partial charge on any atom is -0.497 e. The fourth-order valence-electron chi connectivity index (χ4n) is 4.18. The minimum absolute atomic E-state index is 0.163. The van der Waals surface area contributed by atoms with Crippen LogP contribution >= 0.6 is 11.3 Å². The number of hydrazone groups is 1. The molecular weight excluding hydrogens is 512 g/mol. The van der Waals surface area contributed by atoms with Gasteiger partial charge in [-0.1, -0.05) is 18.3 Å². The Morgan fingerprint density at radius 2 is 2.05 bits per heavy atom. The molecule has 0 N–H and O–H groups in total. The maximum absolute atomic E-state index is 13.6. The van der Waals surface area contributed by atoms with Crippen LogP contribution in [0.5, 0.6) is 5.75 Å². The molecule has 3 heterocycles. The summed E-state index contributed by atoms with van der Waals surface area (Å²) in [5, 5.41) is 5.91. The molecule has 4 aromatic rings. The Kier molecular flexibility index (Phi) is 7.09. The van der Waals surface area contributed by atoms with Gasteiger partial charge >= 0.3 is 0 Å². The molecule has 0 spiro atoms. The van der Waals surface area contributed by atoms with Gasteiger partial charge in [-0.3, -0.25) is 4.79 Å². The SMILES string of the molecule is COc1ccc2nc(N(/N=C/c3ccco3)C(=O)c3ccc(S(=O)(=O)N4CCCC(C)C4)cc3)sc2c1. The van der Waals surface area contributed by atoms with Crippen LogP contribution in [0, 0.1) is 5.92 Å². The average Bonchev–Trinajstić information content (AvgIpc) is 3.58. The third-order valence-corrected chi connectivity index (χ3v) is 9.03. The van der Waals surface area contributed by atoms with Crippen molar-refractivity contribution in [3.63, 3.8) is 0 Å². The summed E-state index contributed by atoms with van der Waals surface area (Å²) in [5.41, 5.74) is 0.975. The highest BCUT2D eigenvalue weighted by Gasteiger charge is 2.29. The molecule has 0 radical (unpaired) electrons. The lowest BCUT2D eigenvalue weighted by molar-refractivity contribution is 0.0987. The first-order valence-electron chi connectivity index (χ1n) is 11.8. The van der Waals surface area contributed by atoms with Gasteiger partial charge in [0.05, 0.1) is 34.7 Å². The van der Waals surface area contributed by atoms with Crippen molar-refractivity contribution in [1.29, 1.82) is 0 Å². The summed E-state index contributed by atoms with van der Waals surface area (Å²) in [5.74, 6) is 1.01. The van der Waals surface area contributed by atoms with Gasteiger partial charge < -0.3 is 9.15 Å². The van der Waals surface area contributed by atoms with E-state index in [1.165, 1.54) is 57.4 Å². The molecule has 11 heteroatoms. The lowest BCUT2D eigenvalue weighted by Crippen LogP contribution is -2.39. The number of sulfonamides is 1. The second-order valence-electron chi connectivity index (χ2n) is 8.84. The van der Waals surface area contributed by atoms with Crippen molar-refractivity contribution < 1.29 is 22.4 Å². The summed E-state index contributed by atoms with van der Waals surface area (Å²) in [6.07, 6.45) is 4.81. The van der Waals surface area contributed by atoms with Crippen LogP contribution in [0.1, 0.15) is 35.9 Å². The maximum atomic E-state index is 13.6. The number of hydrogen-bond acceptors (Lipinski definition) is 8. The molecule has 192 valence electrons. The van der Waals surface area contributed by atoms with Crippen LogP contribution in [0.15, 0.2) is 75.3 Å². The highest BCUT2D eigenvalue weighted by Crippen LogP contribution is 2.33. The third-order valence-electron chi connectivity index (χ3n) is 6.16. The van der Waals surface area contributed by atoms with Crippen LogP contribution in [0.25, 0.3) is 10.2 Å². The molecule has 1 aliphatic heterocycles. The zero-order valence-corrected chi connectivity index (χ0v) is 22.0. The van der Waals surface area contributed by atoms with E-state index in [1.54, 1.807) is 25.3 Å². The molecule has 1 aliphatic rings. The summed E-state index contributed by atoms with van der Waals surface area (Å²) in [6.45, 7) is 3.06. The van der Waals surface area contributed by atoms with E-state index in [0.29, 0.717) is 41.2 Å². The van der Waals surface area contributed by atoms with Crippen molar-refractivity contribution in [2.45, 2.75) is 24.7 Å². The van der Waals surface area contributed by atoms with Gasteiger partial charge in [0.2, 0.25) is 15.2 Å². The second kappa shape index (κ2) is 10.4. The largest absolute Gasteiger partial charge is 0.497 e. The van der Waals surface area contributed by atoms with Crippen molar-refractivity contribution in [2.24, 2.45) is 11.0 Å². The minimum atomic E-state index is -3.63. The number of ether oxygens (including phenoxy) is 1. The fourth-order valence-corrected chi connectivity index (χ4v) is 6.73. The van der Waals surface area contributed by atoms with Gasteiger partial charge in [0, 0.05) is 18.7 Å². The van der Waals surface area contributed by atoms with E-state index >= 15 is 0 Å². The van der Waals surface area contributed by atoms with Gasteiger partial charge in [-0.15, -0.1) is 0 Å². The normalized spacial score (nSPS) is 16.9. The van der Waals surface area contributed by atoms with E-state index in [9.17, 15) is 13.2 Å². The lowest BCUT2D eigenvalue weighted by Gasteiger charge is -2.30. The van der Waals surface area contributed by atoms with E-state index < -0.39 is 15.9 Å². The zero-order chi connectivity index (χ0) is 26.0. The van der Waals surface area contributed by atoms with Gasteiger partial charge in [-0.2, -0.15) is 14.4 Å². The van der Waals surface area contributed by atoms with Crippen molar-refractivity contribution in [3.8, 4) is 5.75 Å². The number of hydrogen-bond donors (Lipinski definition) is 0. The average molecular weight is 539 g/mol. The summed E-state index contributed by atoms with van der Waals surface area (Å²) in [6, 6.07) is 14.9. The lowest BCUT2D eigenvalue weighted by atomic mass is 10.0. The molecule has 1 fully saturated rings. The third kappa shape index (κ3) is 5.29. The van der Waals surface area contributed by atoms with Crippen LogP contribution in [-0.4, -0.2) is 50.0 Å². The van der Waals surface area contributed by atoms with Crippen molar-refractivity contribution in [2.75, 3.05) is 25.2 Å². The van der Waals surface area contributed by atoms with Crippen LogP contribution < -0.4 is 9.75 Å². The number of carbonyl (C=O) groups excluding carboxylic acids is 1. The first kappa shape index (κ1) is 25.1. The topological polar surface area (TPSA) is 105 Å². The summed E-state index contributed by atoms with van der Waals surface area (Å²) < 4.78 is 39.2. The fraction of sp³-hybridized carbons (Fsp3) is 0.269. The van der Waals surface area contributed by atoms with E-state index in [1.807, 2.05) is 12.1 Å². The van der Waals surface area contributed by atoms with Crippen LogP contribution in [0.3, 0.4) is 0 Å². The predicted octanol–water partition coefficient (Wildman–Crippen LogP) is 5.00. The van der Waals surface area contributed by atoms with E-state index in [0.717, 1.165) is 17.5 Å². The zero-order valence-electron chi connectivity index (χ0n) is 20.4. The number of carbonyl (C=O) groups is 1. The summed E-state index contributed by atoms with van der Waals surface area (Å²) in [4.78, 5) is 18.3. The highest BCUT2D eigenvalue weighted by molar-refractivity contribution is 7.89. The van der Waals surface area contributed by atoms with Crippen molar-refractivity contribution >= 4 is 48.8 Å². The maximum Gasteiger partial charge on any atom is 0.280 e. The summed E-state index contributed by atoms with van der Waals surface area (Å²) in [7, 11) is -2.04. The standard InChI is InChI=1S/C26H26N4O5S2/c1-18-5-3-13-29(17-18)37(32,33)22-10-7-19(8-11-22)25(31)30(27-16-21-6-4-14-35-21)26-28-23-12-9-20(34-2)15-24(23)36-26/h4,6-12,14-16,18H,3,5,13,17H2,1-2H3/b27-16+. The first-order valence-corrected chi connectivity index (χ1v) is 14.1. The van der Waals surface area contributed by atoms with Crippen LogP contribution in [0.4, 0.5) is 5.13 Å². The smallest absolute Gasteiger partial charge is 0.280 e. The molecule has 0 aliphatic carbocycles. The number of furan rings is 1. The number of fused-ring (bicyclic) bond motifs is 1. The predicted molar refractivity (Wildman–Crippen MR) is 143 cm³/mol. The molecule has 1 saturated heterocycles. The van der Waals surface area contributed by atoms with Crippen molar-refractivity contribution in [1.82, 2.24) is 9.29 Å². The quantitative estimate of drug-likeness (QED) is 0.242. The molecule has 0 bridgehead atoms. The molecule has 5 rings (SSSR count). The van der Waals surface area contributed by atoms with E-state index in [4.69, 9.17) is 9.15 Å². The van der Waals surface area contributed by atoms with Crippen LogP contribution in [-0.2, 0) is 10.0 Å². The van der Waals surface area contributed by atoms with Gasteiger partial charge in [0.25, 0.3) is 5.91 Å². The number of methoxy groups -OCH3 is 1. The molecule has 9 nitrogen and oxygen atoms in total. The number of anilines is 1. The first-order chi connectivity index (χ1) is 17.8. The molecule has 1 amide bonds. The Bertz CT molecular complexity index is 1530. The van der Waals surface area contributed by atoms with Gasteiger partial charge in [0.1, 0.15) is 11.5 Å². The highest BCUT2D eigenvalue weighted by atomic mass is 32.2. The Morgan fingerprint density at radius 3 is 2.76 bits per heavy atom. The molecule has 0 saturated carbocycles. The number of amides is 1. The number of rotatable bonds is 7. The molecule has 37 heavy (non-hydrogen) atoms. The molecular formula is C26H26N4O5S2. The number of nitrogens with zero attached hydrogens (tertiary/aromatic N) is 4. The molecule has 2 aromatic heterocycles. The number of thiazole rings is 1. The van der Waals surface area contributed by atoms with Crippen LogP contribution in [0.2, 0.25) is 0 Å².